The van der Waals surface area contributed by atoms with Gasteiger partial charge in [0.25, 0.3) is 0 Å². The van der Waals surface area contributed by atoms with Crippen LogP contribution >= 0.6 is 0 Å². The van der Waals surface area contributed by atoms with Crippen LogP contribution in [-0.4, -0.2) is 19.9 Å². The van der Waals surface area contributed by atoms with E-state index in [0.717, 1.165) is 82.9 Å². The third kappa shape index (κ3) is 4.41. The molecule has 9 aromatic rings. The van der Waals surface area contributed by atoms with Gasteiger partial charge in [-0.05, 0) is 59.5 Å². The molecule has 0 fully saturated rings. The van der Waals surface area contributed by atoms with Gasteiger partial charge in [0.15, 0.2) is 5.58 Å². The summed E-state index contributed by atoms with van der Waals surface area (Å²) in [6, 6.07) is 45.6. The van der Waals surface area contributed by atoms with Gasteiger partial charge in [-0.25, -0.2) is 9.97 Å². The first-order valence-corrected chi connectivity index (χ1v) is 14.9. The third-order valence-electron chi connectivity index (χ3n) is 8.31. The van der Waals surface area contributed by atoms with Crippen LogP contribution in [-0.2, 0) is 0 Å². The molecule has 0 N–H and O–H groups in total. The second-order valence-corrected chi connectivity index (χ2v) is 11.2. The molecule has 0 aliphatic carbocycles. The number of hydrogen-bond acceptors (Lipinski definition) is 5. The lowest BCUT2D eigenvalue weighted by atomic mass is 9.96. The molecule has 0 bridgehead atoms. The summed E-state index contributed by atoms with van der Waals surface area (Å²) < 4.78 is 6.26. The number of nitrogens with zero attached hydrogens (tertiary/aromatic N) is 4. The van der Waals surface area contributed by atoms with Crippen molar-refractivity contribution >= 4 is 43.7 Å². The molecular weight excluding hydrogens is 552 g/mol. The molecule has 0 aliphatic heterocycles. The van der Waals surface area contributed by atoms with E-state index in [1.165, 1.54) is 0 Å². The first-order valence-electron chi connectivity index (χ1n) is 14.9. The van der Waals surface area contributed by atoms with Crippen LogP contribution in [0.4, 0.5) is 0 Å². The number of pyridine rings is 3. The van der Waals surface area contributed by atoms with Crippen LogP contribution in [0, 0.1) is 0 Å². The Morgan fingerprint density at radius 3 is 2.16 bits per heavy atom. The zero-order chi connectivity index (χ0) is 29.7. The van der Waals surface area contributed by atoms with E-state index in [0.29, 0.717) is 5.89 Å². The molecule has 0 amide bonds. The molecule has 5 aromatic carbocycles. The Hall–Kier alpha value is -6.20. The molecule has 0 aliphatic rings. The van der Waals surface area contributed by atoms with Crippen molar-refractivity contribution in [3.63, 3.8) is 0 Å². The number of benzene rings is 5. The Morgan fingerprint density at radius 2 is 1.22 bits per heavy atom. The van der Waals surface area contributed by atoms with Crippen LogP contribution in [0.3, 0.4) is 0 Å². The van der Waals surface area contributed by atoms with Crippen molar-refractivity contribution < 1.29 is 4.42 Å². The molecule has 0 saturated carbocycles. The van der Waals surface area contributed by atoms with E-state index in [1.807, 2.05) is 48.8 Å². The van der Waals surface area contributed by atoms with Gasteiger partial charge < -0.3 is 4.42 Å². The van der Waals surface area contributed by atoms with Crippen molar-refractivity contribution in [1.29, 1.82) is 0 Å². The summed E-state index contributed by atoms with van der Waals surface area (Å²) >= 11 is 0. The third-order valence-corrected chi connectivity index (χ3v) is 8.31. The van der Waals surface area contributed by atoms with Gasteiger partial charge in [0.05, 0.1) is 22.4 Å². The molecule has 9 rings (SSSR count). The van der Waals surface area contributed by atoms with Crippen molar-refractivity contribution in [2.45, 2.75) is 0 Å². The van der Waals surface area contributed by atoms with Gasteiger partial charge in [-0.2, -0.15) is 0 Å². The van der Waals surface area contributed by atoms with Crippen molar-refractivity contribution in [2.75, 3.05) is 0 Å². The standard InChI is InChI=1S/C40H24N4O/c1-2-9-25(10-3-1)37-33-13-5-4-11-27(33)23-35(43-37)30-20-29(21-31(22-30)40-44-34-14-6-7-15-36(34)45-40)32-19-28-17-16-26-12-8-18-41-38(26)39(28)42-24-32/h1-24H. The van der Waals surface area contributed by atoms with Crippen LogP contribution in [0.25, 0.3) is 88.8 Å². The van der Waals surface area contributed by atoms with Gasteiger partial charge in [0, 0.05) is 50.8 Å². The highest BCUT2D eigenvalue weighted by Crippen LogP contribution is 2.37. The molecule has 4 heterocycles. The Balaban J connectivity index is 1.28. The lowest BCUT2D eigenvalue weighted by Crippen LogP contribution is -1.93. The number of hydrogen-bond donors (Lipinski definition) is 0. The topological polar surface area (TPSA) is 64.7 Å². The first kappa shape index (κ1) is 25.3. The Kier molecular flexibility index (Phi) is 5.74. The van der Waals surface area contributed by atoms with Gasteiger partial charge in [0.1, 0.15) is 5.52 Å². The van der Waals surface area contributed by atoms with Crippen LogP contribution in [0.15, 0.2) is 150 Å². The maximum absolute atomic E-state index is 6.26. The van der Waals surface area contributed by atoms with Gasteiger partial charge >= 0.3 is 0 Å². The summed E-state index contributed by atoms with van der Waals surface area (Å²) in [5.74, 6) is 0.562. The second-order valence-electron chi connectivity index (χ2n) is 11.2. The fourth-order valence-electron chi connectivity index (χ4n) is 6.12. The molecule has 4 aromatic heterocycles. The minimum atomic E-state index is 0.562. The minimum absolute atomic E-state index is 0.562. The Bertz CT molecular complexity index is 2520. The van der Waals surface area contributed by atoms with Gasteiger partial charge in [-0.15, -0.1) is 0 Å². The number of fused-ring (bicyclic) bond motifs is 5. The molecular formula is C40H24N4O. The number of aromatic nitrogens is 4. The van der Waals surface area contributed by atoms with E-state index in [-0.39, 0.29) is 0 Å². The average molecular weight is 577 g/mol. The molecule has 5 nitrogen and oxygen atoms in total. The SMILES string of the molecule is c1ccc(-c2nc(-c3cc(-c4cnc5c(ccc6cccnc65)c4)cc(-c4nc5ccccc5o4)c3)cc3ccccc23)cc1. The number of oxazole rings is 1. The van der Waals surface area contributed by atoms with E-state index >= 15 is 0 Å². The molecule has 0 atom stereocenters. The molecule has 210 valence electrons. The fourth-order valence-corrected chi connectivity index (χ4v) is 6.12. The average Bonchev–Trinajstić information content (AvgIpc) is 3.56. The summed E-state index contributed by atoms with van der Waals surface area (Å²) in [5, 5.41) is 4.34. The second kappa shape index (κ2) is 10.2. The zero-order valence-electron chi connectivity index (χ0n) is 24.1. The molecule has 0 radical (unpaired) electrons. The van der Waals surface area contributed by atoms with Crippen LogP contribution in [0.5, 0.6) is 0 Å². The van der Waals surface area contributed by atoms with Crippen LogP contribution in [0.2, 0.25) is 0 Å². The zero-order valence-corrected chi connectivity index (χ0v) is 24.1. The molecule has 0 unspecified atom stereocenters. The number of para-hydroxylation sites is 2. The first-order chi connectivity index (χ1) is 22.3. The van der Waals surface area contributed by atoms with Crippen LogP contribution in [0.1, 0.15) is 0 Å². The lowest BCUT2D eigenvalue weighted by molar-refractivity contribution is 0.620. The van der Waals surface area contributed by atoms with Crippen molar-refractivity contribution in [2.24, 2.45) is 0 Å². The summed E-state index contributed by atoms with van der Waals surface area (Å²) in [4.78, 5) is 19.6. The van der Waals surface area contributed by atoms with E-state index in [2.05, 4.69) is 102 Å². The highest BCUT2D eigenvalue weighted by Gasteiger charge is 2.16. The molecule has 0 spiro atoms. The maximum Gasteiger partial charge on any atom is 0.227 e. The Labute approximate surface area is 258 Å². The predicted molar refractivity (Wildman–Crippen MR) is 182 cm³/mol. The van der Waals surface area contributed by atoms with E-state index < -0.39 is 0 Å². The molecule has 45 heavy (non-hydrogen) atoms. The number of rotatable bonds is 4. The van der Waals surface area contributed by atoms with Gasteiger partial charge in [0.2, 0.25) is 5.89 Å². The normalized spacial score (nSPS) is 11.6. The van der Waals surface area contributed by atoms with Gasteiger partial charge in [-0.3, -0.25) is 9.97 Å². The van der Waals surface area contributed by atoms with Gasteiger partial charge in [-0.1, -0.05) is 84.9 Å². The summed E-state index contributed by atoms with van der Waals surface area (Å²) in [6.07, 6.45) is 3.74. The van der Waals surface area contributed by atoms with Crippen molar-refractivity contribution in [1.82, 2.24) is 19.9 Å². The summed E-state index contributed by atoms with van der Waals surface area (Å²) in [7, 11) is 0. The monoisotopic (exact) mass is 576 g/mol. The highest BCUT2D eigenvalue weighted by molar-refractivity contribution is 6.04. The smallest absolute Gasteiger partial charge is 0.227 e. The summed E-state index contributed by atoms with van der Waals surface area (Å²) in [6.45, 7) is 0. The molecule has 5 heteroatoms. The lowest BCUT2D eigenvalue weighted by Gasteiger charge is -2.13. The largest absolute Gasteiger partial charge is 0.436 e. The van der Waals surface area contributed by atoms with Crippen molar-refractivity contribution in [3.8, 4) is 45.1 Å². The quantitative estimate of drug-likeness (QED) is 0.195. The minimum Gasteiger partial charge on any atom is -0.436 e. The summed E-state index contributed by atoms with van der Waals surface area (Å²) in [5.41, 5.74) is 10.1. The van der Waals surface area contributed by atoms with E-state index in [4.69, 9.17) is 19.4 Å². The van der Waals surface area contributed by atoms with Crippen molar-refractivity contribution in [3.05, 3.63) is 146 Å². The Morgan fingerprint density at radius 1 is 0.467 bits per heavy atom. The molecule has 0 saturated heterocycles. The van der Waals surface area contributed by atoms with E-state index in [1.54, 1.807) is 0 Å². The predicted octanol–water partition coefficient (Wildman–Crippen LogP) is 10.1. The maximum atomic E-state index is 6.26. The van der Waals surface area contributed by atoms with E-state index in [9.17, 15) is 0 Å². The fraction of sp³-hybridized carbons (Fsp3) is 0. The highest BCUT2D eigenvalue weighted by atomic mass is 16.3. The van der Waals surface area contributed by atoms with Crippen LogP contribution < -0.4 is 0 Å².